The summed E-state index contributed by atoms with van der Waals surface area (Å²) in [6.45, 7) is 0. The molecule has 0 fully saturated rings. The maximum absolute atomic E-state index is 12.1. The van der Waals surface area contributed by atoms with Gasteiger partial charge in [0.15, 0.2) is 0 Å². The summed E-state index contributed by atoms with van der Waals surface area (Å²) in [5.41, 5.74) is 5.19. The molecule has 0 aliphatic rings. The van der Waals surface area contributed by atoms with Gasteiger partial charge < -0.3 is 16.2 Å². The Kier molecular flexibility index (Phi) is 6.23. The number of carboxylic acids is 1. The van der Waals surface area contributed by atoms with Gasteiger partial charge in [-0.05, 0) is 12.1 Å². The van der Waals surface area contributed by atoms with Gasteiger partial charge in [0.1, 0.15) is 6.04 Å². The second-order valence-electron chi connectivity index (χ2n) is 3.98. The van der Waals surface area contributed by atoms with Gasteiger partial charge in [0, 0.05) is 4.90 Å². The second kappa shape index (κ2) is 7.91. The van der Waals surface area contributed by atoms with Crippen molar-refractivity contribution in [2.75, 3.05) is 5.75 Å². The summed E-state index contributed by atoms with van der Waals surface area (Å²) in [5, 5.41) is 19.8. The Hall–Kier alpha value is -2.53. The molecule has 0 aliphatic carbocycles. The van der Waals surface area contributed by atoms with Crippen LogP contribution in [0.25, 0.3) is 0 Å². The lowest BCUT2D eigenvalue weighted by Gasteiger charge is -2.14. The number of carboxylic acid groups (broad SMARTS) is 1. The number of nitrogens with one attached hydrogen (secondary N) is 1. The van der Waals surface area contributed by atoms with Crippen LogP contribution in [-0.4, -0.2) is 34.7 Å². The Balaban J connectivity index is 2.90. The first-order valence-corrected chi connectivity index (χ1v) is 6.85. The zero-order valence-corrected chi connectivity index (χ0v) is 11.7. The van der Waals surface area contributed by atoms with Gasteiger partial charge in [-0.3, -0.25) is 9.59 Å². The molecular formula is C13H13N3O4S. The lowest BCUT2D eigenvalue weighted by molar-refractivity contribution is -0.140. The van der Waals surface area contributed by atoms with Crippen molar-refractivity contribution in [2.45, 2.75) is 17.4 Å². The fourth-order valence-electron chi connectivity index (χ4n) is 1.53. The number of nitriles is 1. The molecule has 7 nitrogen and oxygen atoms in total. The van der Waals surface area contributed by atoms with E-state index >= 15 is 0 Å². The molecule has 1 rings (SSSR count). The standard InChI is InChI=1S/C13H13N3O4S/c14-5-6-21-10-4-2-1-3-8(10)12(18)16-9(13(19)20)7-11(15)17/h1-4,9H,6-7H2,(H2,15,17)(H,16,18)(H,19,20). The summed E-state index contributed by atoms with van der Waals surface area (Å²) in [6.07, 6.45) is -0.491. The second-order valence-corrected chi connectivity index (χ2v) is 4.99. The van der Waals surface area contributed by atoms with Gasteiger partial charge >= 0.3 is 5.97 Å². The van der Waals surface area contributed by atoms with Crippen molar-refractivity contribution >= 4 is 29.5 Å². The van der Waals surface area contributed by atoms with Crippen LogP contribution in [0.15, 0.2) is 29.2 Å². The molecule has 0 bridgehead atoms. The third-order valence-electron chi connectivity index (χ3n) is 2.43. The molecule has 0 radical (unpaired) electrons. The van der Waals surface area contributed by atoms with Gasteiger partial charge in [-0.1, -0.05) is 12.1 Å². The molecule has 21 heavy (non-hydrogen) atoms. The van der Waals surface area contributed by atoms with Crippen LogP contribution >= 0.6 is 11.8 Å². The molecule has 0 aliphatic heterocycles. The van der Waals surface area contributed by atoms with Gasteiger partial charge in [-0.25, -0.2) is 4.79 Å². The largest absolute Gasteiger partial charge is 0.480 e. The van der Waals surface area contributed by atoms with Crippen molar-refractivity contribution in [3.8, 4) is 6.07 Å². The van der Waals surface area contributed by atoms with E-state index in [0.29, 0.717) is 4.90 Å². The third-order valence-corrected chi connectivity index (χ3v) is 3.37. The van der Waals surface area contributed by atoms with E-state index < -0.39 is 30.2 Å². The predicted molar refractivity (Wildman–Crippen MR) is 75.5 cm³/mol. The normalized spacial score (nSPS) is 11.2. The number of amides is 2. The number of carbonyl (C=O) groups is 3. The van der Waals surface area contributed by atoms with Crippen molar-refractivity contribution in [1.82, 2.24) is 5.32 Å². The zero-order valence-electron chi connectivity index (χ0n) is 10.9. The fourth-order valence-corrected chi connectivity index (χ4v) is 2.24. The molecule has 0 heterocycles. The maximum Gasteiger partial charge on any atom is 0.326 e. The smallest absolute Gasteiger partial charge is 0.326 e. The highest BCUT2D eigenvalue weighted by Gasteiger charge is 2.23. The average molecular weight is 307 g/mol. The Morgan fingerprint density at radius 2 is 2.05 bits per heavy atom. The number of nitrogens with two attached hydrogens (primary N) is 1. The molecule has 1 aromatic rings. The van der Waals surface area contributed by atoms with Gasteiger partial charge in [-0.2, -0.15) is 5.26 Å². The summed E-state index contributed by atoms with van der Waals surface area (Å²) in [6, 6.07) is 7.05. The van der Waals surface area contributed by atoms with Crippen LogP contribution in [0.4, 0.5) is 0 Å². The molecule has 0 aromatic heterocycles. The quantitative estimate of drug-likeness (QED) is 0.623. The Bertz CT molecular complexity index is 597. The molecule has 4 N–H and O–H groups in total. The number of aliphatic carboxylic acids is 1. The highest BCUT2D eigenvalue weighted by Crippen LogP contribution is 2.22. The minimum Gasteiger partial charge on any atom is -0.480 e. The van der Waals surface area contributed by atoms with E-state index in [9.17, 15) is 14.4 Å². The molecular weight excluding hydrogens is 294 g/mol. The summed E-state index contributed by atoms with van der Waals surface area (Å²) in [4.78, 5) is 34.5. The summed E-state index contributed by atoms with van der Waals surface area (Å²) >= 11 is 1.16. The number of benzene rings is 1. The van der Waals surface area contributed by atoms with E-state index in [1.54, 1.807) is 18.2 Å². The first kappa shape index (κ1) is 16.5. The van der Waals surface area contributed by atoms with Gasteiger partial charge in [0.05, 0.1) is 23.8 Å². The predicted octanol–water partition coefficient (Wildman–Crippen LogP) is 0.361. The van der Waals surface area contributed by atoms with Crippen LogP contribution in [0.2, 0.25) is 0 Å². The van der Waals surface area contributed by atoms with E-state index in [0.717, 1.165) is 11.8 Å². The molecule has 0 spiro atoms. The van der Waals surface area contributed by atoms with Gasteiger partial charge in [0.2, 0.25) is 5.91 Å². The third kappa shape index (κ3) is 5.16. The van der Waals surface area contributed by atoms with Crippen LogP contribution < -0.4 is 11.1 Å². The summed E-state index contributed by atoms with van der Waals surface area (Å²) in [7, 11) is 0. The van der Waals surface area contributed by atoms with Crippen molar-refractivity contribution in [1.29, 1.82) is 5.26 Å². The minimum atomic E-state index is -1.39. The molecule has 2 amide bonds. The van der Waals surface area contributed by atoms with Crippen molar-refractivity contribution in [2.24, 2.45) is 5.73 Å². The average Bonchev–Trinajstić information content (AvgIpc) is 2.44. The number of hydrogen-bond donors (Lipinski definition) is 3. The van der Waals surface area contributed by atoms with Crippen LogP contribution in [0.3, 0.4) is 0 Å². The Morgan fingerprint density at radius 3 is 2.62 bits per heavy atom. The van der Waals surface area contributed by atoms with Crippen LogP contribution in [0.5, 0.6) is 0 Å². The highest BCUT2D eigenvalue weighted by atomic mass is 32.2. The topological polar surface area (TPSA) is 133 Å². The zero-order chi connectivity index (χ0) is 15.8. The minimum absolute atomic E-state index is 0.161. The van der Waals surface area contributed by atoms with Crippen molar-refractivity contribution in [3.05, 3.63) is 29.8 Å². The number of thioether (sulfide) groups is 1. The molecule has 1 unspecified atom stereocenters. The maximum atomic E-state index is 12.1. The lowest BCUT2D eigenvalue weighted by atomic mass is 10.1. The van der Waals surface area contributed by atoms with E-state index in [2.05, 4.69) is 5.32 Å². The number of primary amides is 1. The van der Waals surface area contributed by atoms with E-state index in [1.807, 2.05) is 6.07 Å². The molecule has 110 valence electrons. The highest BCUT2D eigenvalue weighted by molar-refractivity contribution is 7.99. The van der Waals surface area contributed by atoms with Crippen LogP contribution in [0.1, 0.15) is 16.8 Å². The Morgan fingerprint density at radius 1 is 1.38 bits per heavy atom. The first-order valence-electron chi connectivity index (χ1n) is 5.86. The number of carbonyl (C=O) groups excluding carboxylic acids is 2. The fraction of sp³-hybridized carbons (Fsp3) is 0.231. The Labute approximate surface area is 125 Å². The number of nitrogens with zero attached hydrogens (tertiary/aromatic N) is 1. The molecule has 1 aromatic carbocycles. The molecule has 1 atom stereocenters. The van der Waals surface area contributed by atoms with Gasteiger partial charge in [0.25, 0.3) is 5.91 Å². The first-order chi connectivity index (χ1) is 9.95. The molecule has 0 saturated heterocycles. The monoisotopic (exact) mass is 307 g/mol. The van der Waals surface area contributed by atoms with Crippen LogP contribution in [0, 0.1) is 11.3 Å². The molecule has 8 heteroatoms. The van der Waals surface area contributed by atoms with Crippen LogP contribution in [-0.2, 0) is 9.59 Å². The van der Waals surface area contributed by atoms with E-state index in [4.69, 9.17) is 16.1 Å². The van der Waals surface area contributed by atoms with Crippen molar-refractivity contribution < 1.29 is 19.5 Å². The van der Waals surface area contributed by atoms with Gasteiger partial charge in [-0.15, -0.1) is 11.8 Å². The SMILES string of the molecule is N#CCSc1ccccc1C(=O)NC(CC(N)=O)C(=O)O. The summed E-state index contributed by atoms with van der Waals surface area (Å²) < 4.78 is 0. The number of hydrogen-bond acceptors (Lipinski definition) is 5. The summed E-state index contributed by atoms with van der Waals surface area (Å²) in [5.74, 6) is -2.64. The van der Waals surface area contributed by atoms with Crippen molar-refractivity contribution in [3.63, 3.8) is 0 Å². The van der Waals surface area contributed by atoms with E-state index in [1.165, 1.54) is 6.07 Å². The molecule has 0 saturated carbocycles. The van der Waals surface area contributed by atoms with E-state index in [-0.39, 0.29) is 11.3 Å². The lowest BCUT2D eigenvalue weighted by Crippen LogP contribution is -2.43. The number of rotatable bonds is 7.